The first-order valence-electron chi connectivity index (χ1n) is 7.15. The van der Waals surface area contributed by atoms with Crippen LogP contribution in [0.25, 0.3) is 0 Å². The summed E-state index contributed by atoms with van der Waals surface area (Å²) in [5, 5.41) is 12.4. The normalized spacial score (nSPS) is 18.9. The Morgan fingerprint density at radius 3 is 2.42 bits per heavy atom. The summed E-state index contributed by atoms with van der Waals surface area (Å²) >= 11 is 0. The fourth-order valence-corrected chi connectivity index (χ4v) is 2.00. The highest BCUT2D eigenvalue weighted by molar-refractivity contribution is 14.0. The number of aliphatic hydroxyl groups excluding tert-OH is 1. The molecular weight excluding hydrogens is 353 g/mol. The SMILES string of the molecule is CC(C)CCCC(C)NC(N)=NCC1(CO)CC1.I. The Labute approximate surface area is 134 Å². The lowest BCUT2D eigenvalue weighted by atomic mass is 10.0. The maximum atomic E-state index is 9.19. The van der Waals surface area contributed by atoms with Crippen LogP contribution in [-0.4, -0.2) is 30.3 Å². The van der Waals surface area contributed by atoms with Gasteiger partial charge >= 0.3 is 0 Å². The van der Waals surface area contributed by atoms with E-state index in [-0.39, 0.29) is 36.0 Å². The minimum Gasteiger partial charge on any atom is -0.396 e. The Kier molecular flexibility index (Phi) is 8.98. The van der Waals surface area contributed by atoms with Crippen molar-refractivity contribution in [3.05, 3.63) is 0 Å². The van der Waals surface area contributed by atoms with Gasteiger partial charge in [0.15, 0.2) is 5.96 Å². The summed E-state index contributed by atoms with van der Waals surface area (Å²) in [5.41, 5.74) is 5.90. The Morgan fingerprint density at radius 1 is 1.32 bits per heavy atom. The number of hydrogen-bond acceptors (Lipinski definition) is 2. The predicted octanol–water partition coefficient (Wildman–Crippen LogP) is 2.50. The smallest absolute Gasteiger partial charge is 0.188 e. The van der Waals surface area contributed by atoms with E-state index in [0.29, 0.717) is 18.5 Å². The highest BCUT2D eigenvalue weighted by atomic mass is 127. The molecule has 0 aliphatic heterocycles. The molecule has 0 aromatic carbocycles. The van der Waals surface area contributed by atoms with Crippen LogP contribution in [0.1, 0.15) is 52.9 Å². The number of aliphatic imine (C=N–C) groups is 1. The Hall–Kier alpha value is -0.0400. The second-order valence-corrected chi connectivity index (χ2v) is 6.23. The zero-order valence-electron chi connectivity index (χ0n) is 12.5. The average molecular weight is 383 g/mol. The lowest BCUT2D eigenvalue weighted by molar-refractivity contribution is 0.217. The summed E-state index contributed by atoms with van der Waals surface area (Å²) in [6, 6.07) is 0.372. The maximum Gasteiger partial charge on any atom is 0.188 e. The first-order chi connectivity index (χ1) is 8.47. The maximum absolute atomic E-state index is 9.19. The van der Waals surface area contributed by atoms with E-state index in [4.69, 9.17) is 5.73 Å². The first kappa shape index (κ1) is 19.0. The molecule has 0 bridgehead atoms. The molecule has 4 N–H and O–H groups in total. The van der Waals surface area contributed by atoms with E-state index in [1.807, 2.05) is 0 Å². The summed E-state index contributed by atoms with van der Waals surface area (Å²) in [4.78, 5) is 4.34. The van der Waals surface area contributed by atoms with Gasteiger partial charge in [0.05, 0.1) is 13.2 Å². The van der Waals surface area contributed by atoms with Crippen molar-refractivity contribution in [1.82, 2.24) is 5.32 Å². The van der Waals surface area contributed by atoms with Gasteiger partial charge in [-0.3, -0.25) is 4.99 Å². The molecule has 1 fully saturated rings. The van der Waals surface area contributed by atoms with Crippen LogP contribution in [0.2, 0.25) is 0 Å². The van der Waals surface area contributed by atoms with E-state index in [9.17, 15) is 5.11 Å². The van der Waals surface area contributed by atoms with Crippen molar-refractivity contribution < 1.29 is 5.11 Å². The predicted molar refractivity (Wildman–Crippen MR) is 91.9 cm³/mol. The Morgan fingerprint density at radius 2 is 1.95 bits per heavy atom. The van der Waals surface area contributed by atoms with E-state index in [2.05, 4.69) is 31.1 Å². The van der Waals surface area contributed by atoms with Crippen molar-refractivity contribution in [1.29, 1.82) is 0 Å². The summed E-state index contributed by atoms with van der Waals surface area (Å²) in [7, 11) is 0. The highest BCUT2D eigenvalue weighted by Crippen LogP contribution is 2.45. The topological polar surface area (TPSA) is 70.6 Å². The van der Waals surface area contributed by atoms with Crippen LogP contribution in [-0.2, 0) is 0 Å². The molecule has 1 rings (SSSR count). The monoisotopic (exact) mass is 383 g/mol. The first-order valence-corrected chi connectivity index (χ1v) is 7.15. The van der Waals surface area contributed by atoms with Gasteiger partial charge in [-0.1, -0.05) is 26.7 Å². The number of guanidine groups is 1. The summed E-state index contributed by atoms with van der Waals surface area (Å²) < 4.78 is 0. The molecule has 1 unspecified atom stereocenters. The van der Waals surface area contributed by atoms with Gasteiger partial charge in [-0.25, -0.2) is 0 Å². The van der Waals surface area contributed by atoms with Gasteiger partial charge in [0.1, 0.15) is 0 Å². The molecule has 1 saturated carbocycles. The molecule has 0 heterocycles. The van der Waals surface area contributed by atoms with Gasteiger partial charge in [0.2, 0.25) is 0 Å². The molecule has 1 atom stereocenters. The minimum absolute atomic E-state index is 0. The molecule has 0 spiro atoms. The Balaban J connectivity index is 0.00000324. The van der Waals surface area contributed by atoms with Crippen molar-refractivity contribution in [2.24, 2.45) is 22.1 Å². The molecule has 0 aromatic heterocycles. The summed E-state index contributed by atoms with van der Waals surface area (Å²) in [5.74, 6) is 1.29. The van der Waals surface area contributed by atoms with Gasteiger partial charge in [-0.05, 0) is 32.1 Å². The van der Waals surface area contributed by atoms with Crippen LogP contribution in [0.3, 0.4) is 0 Å². The third-order valence-corrected chi connectivity index (χ3v) is 3.69. The van der Waals surface area contributed by atoms with Crippen LogP contribution in [0.15, 0.2) is 4.99 Å². The number of aliphatic hydroxyl groups is 1. The molecule has 0 radical (unpaired) electrons. The number of nitrogens with two attached hydrogens (primary N) is 1. The van der Waals surface area contributed by atoms with Crippen LogP contribution < -0.4 is 11.1 Å². The third kappa shape index (κ3) is 7.97. The van der Waals surface area contributed by atoms with E-state index in [0.717, 1.165) is 25.2 Å². The fourth-order valence-electron chi connectivity index (χ4n) is 2.00. The number of halogens is 1. The molecule has 0 amide bonds. The van der Waals surface area contributed by atoms with Crippen molar-refractivity contribution in [3.63, 3.8) is 0 Å². The summed E-state index contributed by atoms with van der Waals surface area (Å²) in [6.45, 7) is 7.52. The highest BCUT2D eigenvalue weighted by Gasteiger charge is 2.41. The van der Waals surface area contributed by atoms with Crippen LogP contribution in [0, 0.1) is 11.3 Å². The lowest BCUT2D eigenvalue weighted by Gasteiger charge is -2.16. The van der Waals surface area contributed by atoms with Crippen LogP contribution in [0.4, 0.5) is 0 Å². The molecule has 1 aliphatic rings. The van der Waals surface area contributed by atoms with E-state index in [1.54, 1.807) is 0 Å². The molecule has 114 valence electrons. The van der Waals surface area contributed by atoms with E-state index in [1.165, 1.54) is 12.8 Å². The summed E-state index contributed by atoms with van der Waals surface area (Å²) in [6.07, 6.45) is 5.75. The van der Waals surface area contributed by atoms with Crippen LogP contribution >= 0.6 is 24.0 Å². The van der Waals surface area contributed by atoms with Crippen molar-refractivity contribution in [2.75, 3.05) is 13.2 Å². The standard InChI is InChI=1S/C14H29N3O.HI/c1-11(2)5-4-6-12(3)17-13(15)16-9-14(10-18)7-8-14;/h11-12,18H,4-10H2,1-3H3,(H3,15,16,17);1H. The number of nitrogens with one attached hydrogen (secondary N) is 1. The Bertz CT molecular complexity index is 278. The average Bonchev–Trinajstić information content (AvgIpc) is 3.06. The van der Waals surface area contributed by atoms with Gasteiger partial charge in [0.25, 0.3) is 0 Å². The van der Waals surface area contributed by atoms with Gasteiger partial charge in [-0.2, -0.15) is 0 Å². The number of nitrogens with zero attached hydrogens (tertiary/aromatic N) is 1. The molecule has 19 heavy (non-hydrogen) atoms. The third-order valence-electron chi connectivity index (χ3n) is 3.69. The molecule has 4 nitrogen and oxygen atoms in total. The van der Waals surface area contributed by atoms with Crippen LogP contribution in [0.5, 0.6) is 0 Å². The second kappa shape index (κ2) is 9.00. The largest absolute Gasteiger partial charge is 0.396 e. The minimum atomic E-state index is 0. The van der Waals surface area contributed by atoms with E-state index >= 15 is 0 Å². The van der Waals surface area contributed by atoms with Crippen molar-refractivity contribution in [2.45, 2.75) is 58.9 Å². The number of rotatable bonds is 8. The fraction of sp³-hybridized carbons (Fsp3) is 0.929. The van der Waals surface area contributed by atoms with Gasteiger partial charge in [-0.15, -0.1) is 24.0 Å². The molecule has 5 heteroatoms. The second-order valence-electron chi connectivity index (χ2n) is 6.23. The zero-order chi connectivity index (χ0) is 13.6. The molecule has 0 aromatic rings. The van der Waals surface area contributed by atoms with E-state index < -0.39 is 0 Å². The lowest BCUT2D eigenvalue weighted by Crippen LogP contribution is -2.39. The zero-order valence-corrected chi connectivity index (χ0v) is 14.8. The number of hydrogen-bond donors (Lipinski definition) is 3. The molecule has 0 saturated heterocycles. The molecular formula is C14H30IN3O. The molecule has 1 aliphatic carbocycles. The van der Waals surface area contributed by atoms with Gasteiger partial charge < -0.3 is 16.2 Å². The van der Waals surface area contributed by atoms with Crippen molar-refractivity contribution >= 4 is 29.9 Å². The quantitative estimate of drug-likeness (QED) is 0.343. The van der Waals surface area contributed by atoms with Gasteiger partial charge in [0, 0.05) is 11.5 Å². The van der Waals surface area contributed by atoms with Crippen molar-refractivity contribution in [3.8, 4) is 0 Å².